The molecule has 0 saturated heterocycles. The van der Waals surface area contributed by atoms with Gasteiger partial charge in [0, 0.05) is 31.6 Å². The minimum absolute atomic E-state index is 0.164. The molecule has 1 fully saturated rings. The van der Waals surface area contributed by atoms with Gasteiger partial charge in [-0.25, -0.2) is 4.79 Å². The van der Waals surface area contributed by atoms with Crippen molar-refractivity contribution in [3.05, 3.63) is 63.6 Å². The van der Waals surface area contributed by atoms with Crippen molar-refractivity contribution in [3.63, 3.8) is 0 Å². The Labute approximate surface area is 452 Å². The highest BCUT2D eigenvalue weighted by Crippen LogP contribution is 2.41. The van der Waals surface area contributed by atoms with E-state index in [9.17, 15) is 19.2 Å². The molecule has 0 radical (unpaired) electrons. The number of carbonyl (C=O) groups excluding carboxylic acids is 4. The van der Waals surface area contributed by atoms with Crippen LogP contribution >= 0.6 is 23.2 Å². The third-order valence-electron chi connectivity index (χ3n) is 11.4. The Kier molecular flexibility index (Phi) is 38.0. The van der Waals surface area contributed by atoms with Gasteiger partial charge in [0.2, 0.25) is 11.8 Å². The summed E-state index contributed by atoms with van der Waals surface area (Å²) in [6.45, 7) is 11.7. The van der Waals surface area contributed by atoms with Crippen molar-refractivity contribution in [1.29, 1.82) is 0 Å². The maximum absolute atomic E-state index is 13.8. The minimum atomic E-state index is -0.941. The molecule has 426 valence electrons. The smallest absolute Gasteiger partial charge is 0.328 e. The maximum Gasteiger partial charge on any atom is 0.328 e. The molecule has 2 aromatic rings. The van der Waals surface area contributed by atoms with Crippen LogP contribution in [0.3, 0.4) is 0 Å². The number of halogens is 2. The van der Waals surface area contributed by atoms with Crippen LogP contribution in [0.25, 0.3) is 0 Å². The number of nitrogens with one attached hydrogen (secondary N) is 3. The second-order valence-corrected chi connectivity index (χ2v) is 17.8. The van der Waals surface area contributed by atoms with Crippen LogP contribution in [0.15, 0.2) is 42.5 Å². The Balaban J connectivity index is 1.08. The van der Waals surface area contributed by atoms with Crippen molar-refractivity contribution in [3.8, 4) is 0 Å². The van der Waals surface area contributed by atoms with Crippen molar-refractivity contribution >= 4 is 52.6 Å². The number of amides is 3. The second-order valence-electron chi connectivity index (χ2n) is 17.0. The molecule has 0 heterocycles. The van der Waals surface area contributed by atoms with E-state index < -0.39 is 23.3 Å². The number of hydrogen-bond donors (Lipinski definition) is 4. The van der Waals surface area contributed by atoms with E-state index in [0.717, 1.165) is 18.4 Å². The van der Waals surface area contributed by atoms with Crippen molar-refractivity contribution in [2.24, 2.45) is 11.1 Å². The predicted molar refractivity (Wildman–Crippen MR) is 281 cm³/mol. The molecule has 1 atom stereocenters. The van der Waals surface area contributed by atoms with Crippen LogP contribution in [-0.4, -0.2) is 208 Å². The number of benzene rings is 2. The largest absolute Gasteiger partial charge is 0.467 e. The van der Waals surface area contributed by atoms with Crippen LogP contribution in [0.5, 0.6) is 0 Å². The molecule has 1 aliphatic carbocycles. The molecule has 3 rings (SSSR count). The monoisotopic (exact) mass is 1100 g/mol. The molecule has 21 nitrogen and oxygen atoms in total. The molecule has 0 spiro atoms. The molecule has 2 aromatic carbocycles. The molecule has 1 unspecified atom stereocenters. The molecule has 5 N–H and O–H groups in total. The number of hydrogen-bond acceptors (Lipinski definition) is 18. The van der Waals surface area contributed by atoms with E-state index in [-0.39, 0.29) is 46.9 Å². The molecule has 0 aliphatic heterocycles. The van der Waals surface area contributed by atoms with Gasteiger partial charge in [0.05, 0.1) is 187 Å². The first-order chi connectivity index (χ1) is 36.7. The van der Waals surface area contributed by atoms with Gasteiger partial charge in [-0.05, 0) is 49.1 Å². The van der Waals surface area contributed by atoms with Gasteiger partial charge in [0.25, 0.3) is 5.91 Å². The lowest BCUT2D eigenvalue weighted by Crippen LogP contribution is -2.50. The van der Waals surface area contributed by atoms with Gasteiger partial charge in [0.15, 0.2) is 0 Å². The first-order valence-corrected chi connectivity index (χ1v) is 26.6. The molecule has 0 aromatic heterocycles. The highest BCUT2D eigenvalue weighted by Gasteiger charge is 2.42. The summed E-state index contributed by atoms with van der Waals surface area (Å²) >= 11 is 12.4. The lowest BCUT2D eigenvalue weighted by molar-refractivity contribution is -0.146. The first-order valence-electron chi connectivity index (χ1n) is 25.8. The Bertz CT molecular complexity index is 1800. The van der Waals surface area contributed by atoms with E-state index in [1.165, 1.54) is 7.11 Å². The molecular formula is C52H82Cl2N4O17. The number of anilines is 1. The highest BCUT2D eigenvalue weighted by atomic mass is 35.5. The van der Waals surface area contributed by atoms with E-state index in [2.05, 4.69) is 16.0 Å². The van der Waals surface area contributed by atoms with Crippen LogP contribution in [0, 0.1) is 5.41 Å². The summed E-state index contributed by atoms with van der Waals surface area (Å²) in [6.07, 6.45) is 3.77. The number of rotatable bonds is 48. The van der Waals surface area contributed by atoms with Crippen molar-refractivity contribution < 1.29 is 80.8 Å². The van der Waals surface area contributed by atoms with Crippen molar-refractivity contribution in [2.75, 3.05) is 184 Å². The van der Waals surface area contributed by atoms with Gasteiger partial charge in [0.1, 0.15) is 6.04 Å². The number of ether oxygens (including phenoxy) is 13. The highest BCUT2D eigenvalue weighted by molar-refractivity contribution is 6.40. The Hall–Kier alpha value is -3.62. The summed E-state index contributed by atoms with van der Waals surface area (Å²) in [7, 11) is 1.27. The number of carbonyl (C=O) groups is 4. The molecule has 1 saturated carbocycles. The fourth-order valence-electron chi connectivity index (χ4n) is 7.46. The summed E-state index contributed by atoms with van der Waals surface area (Å²) < 4.78 is 70.7. The summed E-state index contributed by atoms with van der Waals surface area (Å²) in [5.41, 5.74) is 6.02. The molecule has 0 bridgehead atoms. The lowest BCUT2D eigenvalue weighted by atomic mass is 9.81. The zero-order valence-electron chi connectivity index (χ0n) is 43.7. The van der Waals surface area contributed by atoms with E-state index in [1.807, 2.05) is 0 Å². The zero-order chi connectivity index (χ0) is 53.9. The van der Waals surface area contributed by atoms with Gasteiger partial charge >= 0.3 is 5.97 Å². The van der Waals surface area contributed by atoms with E-state index in [4.69, 9.17) is 90.5 Å². The maximum atomic E-state index is 13.8. The Morgan fingerprint density at radius 1 is 0.560 bits per heavy atom. The standard InChI is InChI=1S/C52H82Cl2N4O17/c1-63-50(61)46(41-42-7-9-43(10-8-42)57-49(60)48-44(53)5-4-6-45(48)54)58-51(62)52(12-2-3-13-52)14-16-56-47(59)11-17-64-19-21-66-23-25-68-27-29-70-31-33-72-35-37-74-39-40-75-38-36-73-34-32-71-30-28-69-26-24-67-22-20-65-18-15-55/h4-10,46H,2-3,11-41,55H2,1H3,(H,56,59)(H,57,60)(H,58,62). The van der Waals surface area contributed by atoms with Crippen LogP contribution in [0.4, 0.5) is 5.69 Å². The first kappa shape index (κ1) is 65.7. The molecule has 75 heavy (non-hydrogen) atoms. The lowest BCUT2D eigenvalue weighted by Gasteiger charge is -2.30. The second kappa shape index (κ2) is 43.4. The summed E-state index contributed by atoms with van der Waals surface area (Å²) in [4.78, 5) is 52.1. The average Bonchev–Trinajstić information content (AvgIpc) is 3.89. The van der Waals surface area contributed by atoms with Gasteiger partial charge in [-0.2, -0.15) is 0 Å². The third kappa shape index (κ3) is 30.8. The zero-order valence-corrected chi connectivity index (χ0v) is 45.2. The fourth-order valence-corrected chi connectivity index (χ4v) is 8.03. The number of nitrogens with two attached hydrogens (primary N) is 1. The summed E-state index contributed by atoms with van der Waals surface area (Å²) in [6, 6.07) is 10.8. The SMILES string of the molecule is COC(=O)C(Cc1ccc(NC(=O)c2c(Cl)cccc2Cl)cc1)NC(=O)C1(CCNC(=O)CCOCCOCCOCCOCCOCCOCCOCCOCCOCCOCCOCCOCCN)CCCC1. The normalized spacial score (nSPS) is 13.4. The predicted octanol–water partition coefficient (Wildman–Crippen LogP) is 4.06. The van der Waals surface area contributed by atoms with Crippen molar-refractivity contribution in [2.45, 2.75) is 51.0 Å². The van der Waals surface area contributed by atoms with E-state index in [0.29, 0.717) is 190 Å². The van der Waals surface area contributed by atoms with Crippen LogP contribution in [-0.2, 0) is 82.4 Å². The Morgan fingerprint density at radius 2 is 0.947 bits per heavy atom. The van der Waals surface area contributed by atoms with Gasteiger partial charge in [-0.15, -0.1) is 0 Å². The van der Waals surface area contributed by atoms with Gasteiger partial charge < -0.3 is 83.3 Å². The Morgan fingerprint density at radius 3 is 1.33 bits per heavy atom. The molecule has 1 aliphatic rings. The van der Waals surface area contributed by atoms with Gasteiger partial charge in [-0.3, -0.25) is 14.4 Å². The summed E-state index contributed by atoms with van der Waals surface area (Å²) in [5.74, 6) is -1.47. The quantitative estimate of drug-likeness (QED) is 0.0539. The van der Waals surface area contributed by atoms with Crippen LogP contribution in [0.1, 0.15) is 54.4 Å². The van der Waals surface area contributed by atoms with Gasteiger partial charge in [-0.1, -0.05) is 54.2 Å². The summed E-state index contributed by atoms with van der Waals surface area (Å²) in [5, 5.41) is 9.07. The number of esters is 1. The van der Waals surface area contributed by atoms with E-state index >= 15 is 0 Å². The average molecular weight is 1110 g/mol. The molecular weight excluding hydrogens is 1020 g/mol. The van der Waals surface area contributed by atoms with E-state index in [1.54, 1.807) is 42.5 Å². The topological polar surface area (TPSA) is 250 Å². The number of methoxy groups -OCH3 is 1. The van der Waals surface area contributed by atoms with Crippen LogP contribution < -0.4 is 21.7 Å². The van der Waals surface area contributed by atoms with Crippen LogP contribution in [0.2, 0.25) is 10.0 Å². The fraction of sp³-hybridized carbons (Fsp3) is 0.692. The molecule has 23 heteroatoms. The minimum Gasteiger partial charge on any atom is -0.467 e. The third-order valence-corrected chi connectivity index (χ3v) is 12.1. The molecule has 3 amide bonds. The van der Waals surface area contributed by atoms with Crippen molar-refractivity contribution in [1.82, 2.24) is 10.6 Å².